The van der Waals surface area contributed by atoms with E-state index in [0.29, 0.717) is 12.1 Å². The fourth-order valence-corrected chi connectivity index (χ4v) is 3.19. The van der Waals surface area contributed by atoms with Crippen molar-refractivity contribution >= 4 is 15.9 Å². The lowest BCUT2D eigenvalue weighted by Crippen LogP contribution is -2.33. The molecule has 0 aliphatic heterocycles. The van der Waals surface area contributed by atoms with E-state index < -0.39 is 0 Å². The minimum absolute atomic E-state index is 0.432. The highest BCUT2D eigenvalue weighted by Gasteiger charge is 2.15. The van der Waals surface area contributed by atoms with Gasteiger partial charge in [-0.3, -0.25) is 0 Å². The first-order valence-corrected chi connectivity index (χ1v) is 8.92. The second-order valence-corrected chi connectivity index (χ2v) is 7.33. The average molecular weight is 355 g/mol. The Hall–Kier alpha value is -0.380. The van der Waals surface area contributed by atoms with Crippen LogP contribution < -0.4 is 5.32 Å². The highest BCUT2D eigenvalue weighted by Crippen LogP contribution is 2.21. The van der Waals surface area contributed by atoms with E-state index in [0.717, 1.165) is 29.9 Å². The molecule has 1 rings (SSSR count). The number of hydrogen-bond acceptors (Lipinski definition) is 2. The van der Waals surface area contributed by atoms with Gasteiger partial charge in [0.25, 0.3) is 0 Å². The molecule has 0 aliphatic carbocycles. The monoisotopic (exact) mass is 354 g/mol. The highest BCUT2D eigenvalue weighted by atomic mass is 79.9. The third-order valence-electron chi connectivity index (χ3n) is 4.04. The van der Waals surface area contributed by atoms with E-state index in [9.17, 15) is 0 Å². The number of halogens is 1. The van der Waals surface area contributed by atoms with Gasteiger partial charge in [0.1, 0.15) is 0 Å². The molecule has 0 saturated heterocycles. The van der Waals surface area contributed by atoms with Crippen molar-refractivity contribution in [2.45, 2.75) is 52.6 Å². The minimum Gasteiger partial charge on any atom is -0.310 e. The normalized spacial score (nSPS) is 14.7. The van der Waals surface area contributed by atoms with Crippen LogP contribution in [0.4, 0.5) is 0 Å². The molecule has 0 aliphatic rings. The molecule has 1 N–H and O–H groups in total. The molecule has 21 heavy (non-hydrogen) atoms. The molecule has 2 nitrogen and oxygen atoms in total. The summed E-state index contributed by atoms with van der Waals surface area (Å²) in [7, 11) is 2.25. The molecule has 2 atom stereocenters. The van der Waals surface area contributed by atoms with Crippen LogP contribution in [0.3, 0.4) is 0 Å². The molecule has 0 amide bonds. The van der Waals surface area contributed by atoms with E-state index >= 15 is 0 Å². The van der Waals surface area contributed by atoms with Crippen LogP contribution in [-0.4, -0.2) is 31.1 Å². The van der Waals surface area contributed by atoms with Crippen molar-refractivity contribution in [2.24, 2.45) is 5.92 Å². The van der Waals surface area contributed by atoms with Gasteiger partial charge in [-0.2, -0.15) is 0 Å². The fourth-order valence-electron chi connectivity index (χ4n) is 2.77. The van der Waals surface area contributed by atoms with Gasteiger partial charge in [-0.15, -0.1) is 0 Å². The smallest absolute Gasteiger partial charge is 0.0332 e. The Morgan fingerprint density at radius 3 is 2.52 bits per heavy atom. The third-order valence-corrected chi connectivity index (χ3v) is 4.53. The number of nitrogens with one attached hydrogen (secondary N) is 1. The summed E-state index contributed by atoms with van der Waals surface area (Å²) in [5.41, 5.74) is 1.37. The average Bonchev–Trinajstić information content (AvgIpc) is 2.42. The van der Waals surface area contributed by atoms with Gasteiger partial charge >= 0.3 is 0 Å². The van der Waals surface area contributed by atoms with Crippen molar-refractivity contribution in [1.82, 2.24) is 10.2 Å². The Balaban J connectivity index is 2.59. The summed E-state index contributed by atoms with van der Waals surface area (Å²) < 4.78 is 1.16. The number of hydrogen-bond donors (Lipinski definition) is 1. The zero-order valence-electron chi connectivity index (χ0n) is 14.2. The van der Waals surface area contributed by atoms with Crippen molar-refractivity contribution in [2.75, 3.05) is 20.1 Å². The lowest BCUT2D eigenvalue weighted by molar-refractivity contribution is 0.217. The van der Waals surface area contributed by atoms with Gasteiger partial charge in [0.15, 0.2) is 0 Å². The molecule has 0 aromatic heterocycles. The molecule has 1 aromatic carbocycles. The quantitative estimate of drug-likeness (QED) is 0.681. The standard InChI is InChI=1S/C18H31BrN2/c1-6-20-18(16-8-7-9-17(19)13-16)10-11-21(5)15(4)12-14(2)3/h7-9,13-15,18,20H,6,10-12H2,1-5H3. The van der Waals surface area contributed by atoms with Crippen molar-refractivity contribution in [1.29, 1.82) is 0 Å². The highest BCUT2D eigenvalue weighted by molar-refractivity contribution is 9.10. The summed E-state index contributed by atoms with van der Waals surface area (Å²) in [5.74, 6) is 0.761. The van der Waals surface area contributed by atoms with E-state index in [2.05, 4.69) is 85.2 Å². The summed E-state index contributed by atoms with van der Waals surface area (Å²) in [6.07, 6.45) is 2.41. The van der Waals surface area contributed by atoms with Crippen LogP contribution in [0.1, 0.15) is 52.1 Å². The van der Waals surface area contributed by atoms with Crippen molar-refractivity contribution < 1.29 is 0 Å². The predicted molar refractivity (Wildman–Crippen MR) is 96.7 cm³/mol. The molecule has 0 spiro atoms. The van der Waals surface area contributed by atoms with Crippen LogP contribution in [0.25, 0.3) is 0 Å². The molecular formula is C18H31BrN2. The molecule has 0 fully saturated rings. The van der Waals surface area contributed by atoms with E-state index in [1.165, 1.54) is 12.0 Å². The maximum absolute atomic E-state index is 3.61. The second-order valence-electron chi connectivity index (χ2n) is 6.41. The molecule has 3 heteroatoms. The molecule has 0 bridgehead atoms. The first kappa shape index (κ1) is 18.7. The lowest BCUT2D eigenvalue weighted by Gasteiger charge is -2.28. The first-order chi connectivity index (χ1) is 9.93. The summed E-state index contributed by atoms with van der Waals surface area (Å²) in [5, 5.41) is 3.61. The second kappa shape index (κ2) is 9.60. The SMILES string of the molecule is CCNC(CCN(C)C(C)CC(C)C)c1cccc(Br)c1. The van der Waals surface area contributed by atoms with Crippen LogP contribution in [0, 0.1) is 5.92 Å². The van der Waals surface area contributed by atoms with E-state index in [4.69, 9.17) is 0 Å². The molecule has 0 heterocycles. The predicted octanol–water partition coefficient (Wildman–Crippen LogP) is 4.86. The van der Waals surface area contributed by atoms with Crippen LogP contribution in [-0.2, 0) is 0 Å². The molecule has 2 unspecified atom stereocenters. The third kappa shape index (κ3) is 6.94. The van der Waals surface area contributed by atoms with Gasteiger partial charge in [0.2, 0.25) is 0 Å². The Morgan fingerprint density at radius 1 is 1.24 bits per heavy atom. The molecule has 1 aromatic rings. The molecule has 0 radical (unpaired) electrons. The molecular weight excluding hydrogens is 324 g/mol. The number of benzene rings is 1. The molecule has 120 valence electrons. The van der Waals surface area contributed by atoms with Crippen LogP contribution in [0.15, 0.2) is 28.7 Å². The zero-order valence-corrected chi connectivity index (χ0v) is 15.8. The van der Waals surface area contributed by atoms with E-state index in [-0.39, 0.29) is 0 Å². The Bertz CT molecular complexity index is 406. The van der Waals surface area contributed by atoms with Gasteiger partial charge in [-0.05, 0) is 63.5 Å². The van der Waals surface area contributed by atoms with Gasteiger partial charge in [-0.25, -0.2) is 0 Å². The maximum atomic E-state index is 3.61. The van der Waals surface area contributed by atoms with Gasteiger partial charge in [0.05, 0.1) is 0 Å². The van der Waals surface area contributed by atoms with E-state index in [1.54, 1.807) is 0 Å². The van der Waals surface area contributed by atoms with Crippen molar-refractivity contribution in [3.05, 3.63) is 34.3 Å². The van der Waals surface area contributed by atoms with Gasteiger partial charge in [0, 0.05) is 16.6 Å². The summed E-state index contributed by atoms with van der Waals surface area (Å²) in [4.78, 5) is 2.49. The summed E-state index contributed by atoms with van der Waals surface area (Å²) >= 11 is 3.57. The fraction of sp³-hybridized carbons (Fsp3) is 0.667. The Labute approximate surface area is 139 Å². The Morgan fingerprint density at radius 2 is 1.95 bits per heavy atom. The van der Waals surface area contributed by atoms with Gasteiger partial charge in [-0.1, -0.05) is 48.8 Å². The van der Waals surface area contributed by atoms with Crippen molar-refractivity contribution in [3.63, 3.8) is 0 Å². The minimum atomic E-state index is 0.432. The first-order valence-electron chi connectivity index (χ1n) is 8.13. The Kier molecular flexibility index (Phi) is 8.53. The van der Waals surface area contributed by atoms with Crippen LogP contribution >= 0.6 is 15.9 Å². The zero-order chi connectivity index (χ0) is 15.8. The summed E-state index contributed by atoms with van der Waals surface area (Å²) in [6.45, 7) is 11.2. The topological polar surface area (TPSA) is 15.3 Å². The van der Waals surface area contributed by atoms with E-state index in [1.807, 2.05) is 0 Å². The summed E-state index contributed by atoms with van der Waals surface area (Å²) in [6, 6.07) is 9.73. The van der Waals surface area contributed by atoms with Crippen LogP contribution in [0.2, 0.25) is 0 Å². The van der Waals surface area contributed by atoms with Crippen molar-refractivity contribution in [3.8, 4) is 0 Å². The number of nitrogens with zero attached hydrogens (tertiary/aromatic N) is 1. The van der Waals surface area contributed by atoms with Crippen LogP contribution in [0.5, 0.6) is 0 Å². The molecule has 0 saturated carbocycles. The maximum Gasteiger partial charge on any atom is 0.0332 e. The number of rotatable bonds is 9. The van der Waals surface area contributed by atoms with Gasteiger partial charge < -0.3 is 10.2 Å². The largest absolute Gasteiger partial charge is 0.310 e. The lowest BCUT2D eigenvalue weighted by atomic mass is 10.0.